The minimum absolute atomic E-state index is 0.0119. The van der Waals surface area contributed by atoms with Gasteiger partial charge < -0.3 is 9.64 Å². The van der Waals surface area contributed by atoms with E-state index in [1.54, 1.807) is 0 Å². The van der Waals surface area contributed by atoms with Crippen molar-refractivity contribution in [3.63, 3.8) is 0 Å². The van der Waals surface area contributed by atoms with Gasteiger partial charge in [-0.05, 0) is 18.6 Å². The van der Waals surface area contributed by atoms with E-state index < -0.39 is 48.2 Å². The van der Waals surface area contributed by atoms with Crippen LogP contribution in [-0.4, -0.2) is 46.2 Å². The highest BCUT2D eigenvalue weighted by Crippen LogP contribution is 2.36. The Kier molecular flexibility index (Phi) is 4.18. The Morgan fingerprint density at radius 1 is 1.21 bits per heavy atom. The van der Waals surface area contributed by atoms with Crippen LogP contribution in [0.2, 0.25) is 0 Å². The highest BCUT2D eigenvalue weighted by molar-refractivity contribution is 5.95. The number of amides is 1. The summed E-state index contributed by atoms with van der Waals surface area (Å²) in [6.07, 6.45) is -4.66. The van der Waals surface area contributed by atoms with E-state index in [1.807, 2.05) is 0 Å². The first kappa shape index (κ1) is 18.8. The predicted molar refractivity (Wildman–Crippen MR) is 82.7 cm³/mol. The molecule has 150 valence electrons. The van der Waals surface area contributed by atoms with E-state index in [9.17, 15) is 31.1 Å². The summed E-state index contributed by atoms with van der Waals surface area (Å²) in [7, 11) is 0. The second kappa shape index (κ2) is 6.23. The van der Waals surface area contributed by atoms with Crippen molar-refractivity contribution in [2.24, 2.45) is 0 Å². The zero-order chi connectivity index (χ0) is 20.3. The van der Waals surface area contributed by atoms with Crippen molar-refractivity contribution in [3.8, 4) is 5.69 Å². The van der Waals surface area contributed by atoms with Gasteiger partial charge in [0.25, 0.3) is 11.8 Å². The third-order valence-electron chi connectivity index (χ3n) is 4.65. The van der Waals surface area contributed by atoms with Crippen LogP contribution in [-0.2, 0) is 23.9 Å². The van der Waals surface area contributed by atoms with Crippen LogP contribution < -0.4 is 0 Å². The monoisotopic (exact) mass is 405 g/mol. The second-order valence-electron chi connectivity index (χ2n) is 6.67. The van der Waals surface area contributed by atoms with Crippen LogP contribution in [0, 0.1) is 5.82 Å². The molecule has 0 N–H and O–H groups in total. The Balaban J connectivity index is 1.69. The highest BCUT2D eigenvalue weighted by Gasteiger charge is 2.47. The van der Waals surface area contributed by atoms with Crippen LogP contribution in [0.15, 0.2) is 18.2 Å². The molecule has 0 spiro atoms. The Labute approximate surface area is 154 Å². The van der Waals surface area contributed by atoms with Crippen molar-refractivity contribution in [1.29, 1.82) is 0 Å². The molecule has 0 unspecified atom stereocenters. The van der Waals surface area contributed by atoms with Gasteiger partial charge in [-0.25, -0.2) is 17.9 Å². The van der Waals surface area contributed by atoms with Gasteiger partial charge in [0.2, 0.25) is 0 Å². The van der Waals surface area contributed by atoms with Crippen molar-refractivity contribution in [3.05, 3.63) is 46.5 Å². The van der Waals surface area contributed by atoms with E-state index in [-0.39, 0.29) is 36.6 Å². The maximum atomic E-state index is 14.4. The van der Waals surface area contributed by atoms with Crippen molar-refractivity contribution in [1.82, 2.24) is 14.7 Å². The summed E-state index contributed by atoms with van der Waals surface area (Å²) in [6, 6.07) is 3.12. The number of hydrogen-bond donors (Lipinski definition) is 0. The lowest BCUT2D eigenvalue weighted by Gasteiger charge is -2.38. The van der Waals surface area contributed by atoms with Gasteiger partial charge in [0.05, 0.1) is 43.2 Å². The number of rotatable bonds is 2. The molecule has 1 aromatic heterocycles. The number of alkyl halides is 5. The largest absolute Gasteiger partial charge is 0.435 e. The molecule has 2 aromatic rings. The summed E-state index contributed by atoms with van der Waals surface area (Å²) in [5.74, 6) is -4.93. The average Bonchev–Trinajstić information content (AvgIpc) is 2.99. The quantitative estimate of drug-likeness (QED) is 0.722. The maximum Gasteiger partial charge on any atom is 0.435 e. The van der Waals surface area contributed by atoms with Crippen LogP contribution >= 0.6 is 0 Å². The van der Waals surface area contributed by atoms with Crippen molar-refractivity contribution >= 4 is 5.91 Å². The molecule has 1 saturated heterocycles. The minimum atomic E-state index is -4.68. The summed E-state index contributed by atoms with van der Waals surface area (Å²) in [5, 5.41) is 3.58. The molecule has 11 heteroatoms. The maximum absolute atomic E-state index is 14.4. The molecule has 2 aliphatic rings. The molecule has 4 rings (SSSR count). The van der Waals surface area contributed by atoms with Crippen LogP contribution in [0.1, 0.15) is 27.3 Å². The topological polar surface area (TPSA) is 47.4 Å². The molecule has 0 atom stereocenters. The van der Waals surface area contributed by atoms with E-state index >= 15 is 0 Å². The van der Waals surface area contributed by atoms with Crippen molar-refractivity contribution < 1.29 is 35.9 Å². The molecule has 3 heterocycles. The first-order valence-corrected chi connectivity index (χ1v) is 8.29. The molecule has 1 fully saturated rings. The summed E-state index contributed by atoms with van der Waals surface area (Å²) >= 11 is 0. The van der Waals surface area contributed by atoms with E-state index in [0.717, 1.165) is 21.7 Å². The highest BCUT2D eigenvalue weighted by atomic mass is 19.4. The molecule has 1 aromatic carbocycles. The number of hydrogen-bond acceptors (Lipinski definition) is 3. The van der Waals surface area contributed by atoms with Gasteiger partial charge in [-0.2, -0.15) is 18.3 Å². The molecule has 0 saturated carbocycles. The number of benzene rings is 1. The third-order valence-corrected chi connectivity index (χ3v) is 4.65. The fraction of sp³-hybridized carbons (Fsp3) is 0.412. The Bertz CT molecular complexity index is 945. The van der Waals surface area contributed by atoms with Gasteiger partial charge in [0.1, 0.15) is 5.82 Å². The lowest BCUT2D eigenvalue weighted by atomic mass is 10.1. The molecule has 5 nitrogen and oxygen atoms in total. The standard InChI is InChI=1S/C17H13F6N3O2/c18-12-5-9(1-2-10(12)15(27)25-7-16(19,20)8-25)26-13-6-28-4-3-11(13)14(24-26)17(21,22)23/h1-2,5H,3-4,6-8H2. The summed E-state index contributed by atoms with van der Waals surface area (Å²) in [6.45, 7) is -1.61. The van der Waals surface area contributed by atoms with E-state index in [4.69, 9.17) is 4.74 Å². The molecule has 2 aliphatic heterocycles. The van der Waals surface area contributed by atoms with Crippen LogP contribution in [0.4, 0.5) is 26.3 Å². The number of carbonyl (C=O) groups is 1. The lowest BCUT2D eigenvalue weighted by molar-refractivity contribution is -0.142. The molecular formula is C17H13F6N3O2. The van der Waals surface area contributed by atoms with Gasteiger partial charge in [-0.3, -0.25) is 4.79 Å². The second-order valence-corrected chi connectivity index (χ2v) is 6.67. The molecule has 0 bridgehead atoms. The normalized spacial score (nSPS) is 18.6. The first-order chi connectivity index (χ1) is 13.1. The molecular weight excluding hydrogens is 392 g/mol. The smallest absolute Gasteiger partial charge is 0.375 e. The van der Waals surface area contributed by atoms with E-state index in [0.29, 0.717) is 0 Å². The zero-order valence-corrected chi connectivity index (χ0v) is 14.2. The third kappa shape index (κ3) is 3.13. The molecule has 28 heavy (non-hydrogen) atoms. The fourth-order valence-electron chi connectivity index (χ4n) is 3.32. The number of ether oxygens (including phenoxy) is 1. The predicted octanol–water partition coefficient (Wildman–Crippen LogP) is 3.19. The Morgan fingerprint density at radius 2 is 1.93 bits per heavy atom. The number of aromatic nitrogens is 2. The Morgan fingerprint density at radius 3 is 2.54 bits per heavy atom. The summed E-state index contributed by atoms with van der Waals surface area (Å²) in [5.41, 5.74) is -1.39. The van der Waals surface area contributed by atoms with Gasteiger partial charge in [-0.15, -0.1) is 0 Å². The van der Waals surface area contributed by atoms with Crippen LogP contribution in [0.5, 0.6) is 0 Å². The molecule has 1 amide bonds. The first-order valence-electron chi connectivity index (χ1n) is 8.29. The van der Waals surface area contributed by atoms with Gasteiger partial charge in [-0.1, -0.05) is 0 Å². The number of fused-ring (bicyclic) bond motifs is 1. The number of nitrogens with zero attached hydrogens (tertiary/aromatic N) is 3. The fourth-order valence-corrected chi connectivity index (χ4v) is 3.32. The number of halogens is 6. The van der Waals surface area contributed by atoms with Crippen LogP contribution in [0.25, 0.3) is 5.69 Å². The van der Waals surface area contributed by atoms with Crippen molar-refractivity contribution in [2.75, 3.05) is 19.7 Å². The van der Waals surface area contributed by atoms with E-state index in [2.05, 4.69) is 5.10 Å². The molecule has 0 radical (unpaired) electrons. The van der Waals surface area contributed by atoms with E-state index in [1.165, 1.54) is 6.07 Å². The SMILES string of the molecule is O=C(c1ccc(-n2nc(C(F)(F)F)c3c2COCC3)cc1F)N1CC(F)(F)C1. The average molecular weight is 405 g/mol. The zero-order valence-electron chi connectivity index (χ0n) is 14.2. The minimum Gasteiger partial charge on any atom is -0.375 e. The summed E-state index contributed by atoms with van der Waals surface area (Å²) < 4.78 is 86.1. The van der Waals surface area contributed by atoms with Gasteiger partial charge in [0.15, 0.2) is 5.69 Å². The summed E-state index contributed by atoms with van der Waals surface area (Å²) in [4.78, 5) is 12.9. The van der Waals surface area contributed by atoms with Crippen molar-refractivity contribution in [2.45, 2.75) is 25.1 Å². The lowest BCUT2D eigenvalue weighted by Crippen LogP contribution is -2.58. The van der Waals surface area contributed by atoms with Gasteiger partial charge >= 0.3 is 6.18 Å². The van der Waals surface area contributed by atoms with Gasteiger partial charge in [0, 0.05) is 11.6 Å². The number of carbonyl (C=O) groups excluding carboxylic acids is 1. The molecule has 0 aliphatic carbocycles. The Hall–Kier alpha value is -2.56. The van der Waals surface area contributed by atoms with Crippen LogP contribution in [0.3, 0.4) is 0 Å². The number of likely N-dealkylation sites (tertiary alicyclic amines) is 1.